The van der Waals surface area contributed by atoms with E-state index in [1.807, 2.05) is 6.20 Å². The van der Waals surface area contributed by atoms with E-state index in [0.29, 0.717) is 11.7 Å². The molecule has 0 radical (unpaired) electrons. The van der Waals surface area contributed by atoms with Crippen LogP contribution in [0.3, 0.4) is 0 Å². The fraction of sp³-hybridized carbons (Fsp3) is 0.500. The SMILES string of the molecule is CC(=O)O.Nc1nccn2c(C3CCCCC3)nc(Br)c12. The number of nitrogen functional groups attached to an aromatic ring is 1. The van der Waals surface area contributed by atoms with Crippen molar-refractivity contribution in [1.82, 2.24) is 14.4 Å². The number of nitrogens with two attached hydrogens (primary N) is 1. The molecular weight excluding hydrogens is 336 g/mol. The smallest absolute Gasteiger partial charge is 0.300 e. The molecule has 1 aliphatic carbocycles. The average molecular weight is 355 g/mol. The predicted molar refractivity (Wildman–Crippen MR) is 84.2 cm³/mol. The zero-order valence-electron chi connectivity index (χ0n) is 11.9. The Hall–Kier alpha value is -1.63. The second-order valence-electron chi connectivity index (χ2n) is 5.15. The Morgan fingerprint density at radius 3 is 2.67 bits per heavy atom. The van der Waals surface area contributed by atoms with Crippen molar-refractivity contribution in [3.63, 3.8) is 0 Å². The van der Waals surface area contributed by atoms with Gasteiger partial charge in [-0.2, -0.15) is 0 Å². The number of aliphatic carboxylic acids is 1. The first kappa shape index (κ1) is 15.8. The molecular formula is C14H19BrN4O2. The molecule has 114 valence electrons. The number of anilines is 1. The maximum absolute atomic E-state index is 9.00. The predicted octanol–water partition coefficient (Wildman–Crippen LogP) is 3.21. The van der Waals surface area contributed by atoms with Gasteiger partial charge in [-0.1, -0.05) is 19.3 Å². The van der Waals surface area contributed by atoms with Crippen molar-refractivity contribution in [2.45, 2.75) is 44.9 Å². The maximum atomic E-state index is 9.00. The van der Waals surface area contributed by atoms with Crippen LogP contribution in [0.25, 0.3) is 5.52 Å². The van der Waals surface area contributed by atoms with Gasteiger partial charge in [0.25, 0.3) is 5.97 Å². The molecule has 2 aromatic rings. The number of imidazole rings is 1. The van der Waals surface area contributed by atoms with Crippen LogP contribution in [0.5, 0.6) is 0 Å². The zero-order valence-corrected chi connectivity index (χ0v) is 13.5. The van der Waals surface area contributed by atoms with Crippen LogP contribution in [0.1, 0.15) is 50.8 Å². The third kappa shape index (κ3) is 3.72. The molecule has 3 N–H and O–H groups in total. The number of carboxylic acids is 1. The molecule has 0 aliphatic heterocycles. The van der Waals surface area contributed by atoms with E-state index in [4.69, 9.17) is 15.6 Å². The summed E-state index contributed by atoms with van der Waals surface area (Å²) in [6.07, 6.45) is 10.1. The Balaban J connectivity index is 0.000000361. The molecule has 3 rings (SSSR count). The van der Waals surface area contributed by atoms with E-state index in [1.165, 1.54) is 32.1 Å². The van der Waals surface area contributed by atoms with Crippen molar-refractivity contribution in [3.8, 4) is 0 Å². The van der Waals surface area contributed by atoms with Crippen molar-refractivity contribution in [2.24, 2.45) is 0 Å². The van der Waals surface area contributed by atoms with Gasteiger partial charge in [-0.05, 0) is 28.8 Å². The first-order valence-corrected chi connectivity index (χ1v) is 7.77. The Morgan fingerprint density at radius 1 is 1.43 bits per heavy atom. The van der Waals surface area contributed by atoms with Crippen LogP contribution >= 0.6 is 15.9 Å². The van der Waals surface area contributed by atoms with Crippen LogP contribution in [0.4, 0.5) is 5.82 Å². The minimum Gasteiger partial charge on any atom is -0.481 e. The summed E-state index contributed by atoms with van der Waals surface area (Å²) >= 11 is 3.48. The van der Waals surface area contributed by atoms with Gasteiger partial charge in [0.15, 0.2) is 5.82 Å². The number of hydrogen-bond donors (Lipinski definition) is 2. The molecule has 0 saturated heterocycles. The molecule has 2 aromatic heterocycles. The van der Waals surface area contributed by atoms with Gasteiger partial charge in [0, 0.05) is 25.2 Å². The summed E-state index contributed by atoms with van der Waals surface area (Å²) in [5.74, 6) is 1.39. The minimum absolute atomic E-state index is 0.536. The van der Waals surface area contributed by atoms with Gasteiger partial charge < -0.3 is 10.8 Å². The molecule has 7 heteroatoms. The lowest BCUT2D eigenvalue weighted by molar-refractivity contribution is -0.134. The van der Waals surface area contributed by atoms with Crippen LogP contribution in [0.15, 0.2) is 17.0 Å². The summed E-state index contributed by atoms with van der Waals surface area (Å²) in [4.78, 5) is 17.7. The van der Waals surface area contributed by atoms with Gasteiger partial charge >= 0.3 is 0 Å². The number of nitrogens with zero attached hydrogens (tertiary/aromatic N) is 3. The number of halogens is 1. The zero-order chi connectivity index (χ0) is 15.4. The standard InChI is InChI=1S/C12H15BrN4.C2H4O2/c13-10-9-11(14)15-6-7-17(9)12(16-10)8-4-2-1-3-5-8;1-2(3)4/h6-8H,1-5H2,(H2,14,15);1H3,(H,3,4). The molecule has 0 atom stereocenters. The molecule has 1 fully saturated rings. The van der Waals surface area contributed by atoms with Crippen molar-refractivity contribution in [3.05, 3.63) is 22.8 Å². The maximum Gasteiger partial charge on any atom is 0.300 e. The monoisotopic (exact) mass is 354 g/mol. The number of carboxylic acid groups (broad SMARTS) is 1. The second kappa shape index (κ2) is 6.89. The largest absolute Gasteiger partial charge is 0.481 e. The average Bonchev–Trinajstić information content (AvgIpc) is 2.78. The molecule has 21 heavy (non-hydrogen) atoms. The summed E-state index contributed by atoms with van der Waals surface area (Å²) in [5, 5.41) is 7.42. The van der Waals surface area contributed by atoms with Crippen LogP contribution in [0, 0.1) is 0 Å². The van der Waals surface area contributed by atoms with E-state index in [2.05, 4.69) is 30.3 Å². The number of fused-ring (bicyclic) bond motifs is 1. The van der Waals surface area contributed by atoms with Crippen molar-refractivity contribution in [2.75, 3.05) is 5.73 Å². The van der Waals surface area contributed by atoms with E-state index in [-0.39, 0.29) is 0 Å². The molecule has 0 aromatic carbocycles. The van der Waals surface area contributed by atoms with Crippen LogP contribution in [-0.2, 0) is 4.79 Å². The van der Waals surface area contributed by atoms with Crippen LogP contribution in [0.2, 0.25) is 0 Å². The molecule has 0 unspecified atom stereocenters. The Bertz CT molecular complexity index is 631. The fourth-order valence-corrected chi connectivity index (χ4v) is 3.27. The van der Waals surface area contributed by atoms with E-state index in [1.54, 1.807) is 6.20 Å². The summed E-state index contributed by atoms with van der Waals surface area (Å²) in [5.41, 5.74) is 6.79. The first-order valence-electron chi connectivity index (χ1n) is 6.98. The van der Waals surface area contributed by atoms with Gasteiger partial charge in [0.1, 0.15) is 15.9 Å². The molecule has 6 nitrogen and oxygen atoms in total. The Labute approximate surface area is 131 Å². The van der Waals surface area contributed by atoms with Crippen molar-refractivity contribution < 1.29 is 9.90 Å². The van der Waals surface area contributed by atoms with E-state index in [0.717, 1.165) is 22.9 Å². The van der Waals surface area contributed by atoms with Crippen LogP contribution < -0.4 is 5.73 Å². The van der Waals surface area contributed by atoms with Crippen molar-refractivity contribution in [1.29, 1.82) is 0 Å². The van der Waals surface area contributed by atoms with Crippen LogP contribution in [-0.4, -0.2) is 25.4 Å². The van der Waals surface area contributed by atoms with Gasteiger partial charge in [0.05, 0.1) is 0 Å². The summed E-state index contributed by atoms with van der Waals surface area (Å²) in [6.45, 7) is 1.08. The minimum atomic E-state index is -0.833. The van der Waals surface area contributed by atoms with Crippen molar-refractivity contribution >= 4 is 33.2 Å². The first-order chi connectivity index (χ1) is 10.0. The lowest BCUT2D eigenvalue weighted by Gasteiger charge is -2.20. The molecule has 0 bridgehead atoms. The molecule has 1 saturated carbocycles. The Kier molecular flexibility index (Phi) is 5.17. The fourth-order valence-electron chi connectivity index (χ4n) is 2.69. The molecule has 2 heterocycles. The highest BCUT2D eigenvalue weighted by atomic mass is 79.9. The number of rotatable bonds is 1. The van der Waals surface area contributed by atoms with E-state index >= 15 is 0 Å². The number of hydrogen-bond acceptors (Lipinski definition) is 4. The highest BCUT2D eigenvalue weighted by Crippen LogP contribution is 2.34. The second-order valence-corrected chi connectivity index (χ2v) is 5.90. The third-order valence-corrected chi connectivity index (χ3v) is 4.09. The summed E-state index contributed by atoms with van der Waals surface area (Å²) in [6, 6.07) is 0. The number of carbonyl (C=O) groups is 1. The third-order valence-electron chi connectivity index (χ3n) is 3.54. The normalized spacial score (nSPS) is 15.5. The molecule has 0 amide bonds. The lowest BCUT2D eigenvalue weighted by Crippen LogP contribution is -2.09. The molecule has 0 spiro atoms. The quantitative estimate of drug-likeness (QED) is 0.819. The topological polar surface area (TPSA) is 93.5 Å². The lowest BCUT2D eigenvalue weighted by atomic mass is 9.89. The van der Waals surface area contributed by atoms with Gasteiger partial charge in [-0.25, -0.2) is 9.97 Å². The Morgan fingerprint density at radius 2 is 2.05 bits per heavy atom. The summed E-state index contributed by atoms with van der Waals surface area (Å²) in [7, 11) is 0. The highest BCUT2D eigenvalue weighted by Gasteiger charge is 2.22. The van der Waals surface area contributed by atoms with E-state index < -0.39 is 5.97 Å². The number of aromatic nitrogens is 3. The van der Waals surface area contributed by atoms with E-state index in [9.17, 15) is 0 Å². The summed E-state index contributed by atoms with van der Waals surface area (Å²) < 4.78 is 2.89. The highest BCUT2D eigenvalue weighted by molar-refractivity contribution is 9.10. The van der Waals surface area contributed by atoms with Gasteiger partial charge in [-0.3, -0.25) is 9.20 Å². The van der Waals surface area contributed by atoms with Gasteiger partial charge in [-0.15, -0.1) is 0 Å². The van der Waals surface area contributed by atoms with Gasteiger partial charge in [0.2, 0.25) is 0 Å². The molecule has 1 aliphatic rings.